The maximum absolute atomic E-state index is 14.9. The predicted molar refractivity (Wildman–Crippen MR) is 107 cm³/mol. The average molecular weight is 408 g/mol. The van der Waals surface area contributed by atoms with Crippen LogP contribution in [0, 0.1) is 5.82 Å². The second-order valence-electron chi connectivity index (χ2n) is 7.88. The maximum atomic E-state index is 14.9. The number of halogens is 2. The number of hydrogen-bond acceptors (Lipinski definition) is 4. The van der Waals surface area contributed by atoms with Gasteiger partial charge < -0.3 is 20.7 Å². The molecule has 150 valence electrons. The summed E-state index contributed by atoms with van der Waals surface area (Å²) in [6, 6.07) is 1.24. The van der Waals surface area contributed by atoms with Crippen LogP contribution in [-0.4, -0.2) is 27.7 Å². The van der Waals surface area contributed by atoms with Gasteiger partial charge in [-0.25, -0.2) is 9.18 Å². The van der Waals surface area contributed by atoms with Crippen molar-refractivity contribution in [1.82, 2.24) is 4.57 Å². The Morgan fingerprint density at radius 1 is 1.29 bits per heavy atom. The standard InChI is InChI=1S/C20H23ClFN3O3/c21-16-17(24-11-4-2-1-3-10(23)7-11)15(22)8-13-18(16)25(12-5-6-12)9-14(19(13)26)20(27)28/h8-12,24H,1-7,23H2,(H,27,28)/t10-,11?/m1/s1. The summed E-state index contributed by atoms with van der Waals surface area (Å²) in [7, 11) is 0. The molecular formula is C20H23ClFN3O3. The summed E-state index contributed by atoms with van der Waals surface area (Å²) >= 11 is 6.58. The number of pyridine rings is 1. The molecule has 4 N–H and O–H groups in total. The van der Waals surface area contributed by atoms with E-state index in [1.807, 2.05) is 0 Å². The second-order valence-corrected chi connectivity index (χ2v) is 8.26. The zero-order chi connectivity index (χ0) is 20.0. The van der Waals surface area contributed by atoms with Gasteiger partial charge in [0.05, 0.1) is 21.6 Å². The van der Waals surface area contributed by atoms with Gasteiger partial charge >= 0.3 is 5.97 Å². The van der Waals surface area contributed by atoms with E-state index in [1.165, 1.54) is 6.20 Å². The van der Waals surface area contributed by atoms with Crippen LogP contribution < -0.4 is 16.5 Å². The Labute approximate surface area is 166 Å². The number of nitrogens with zero attached hydrogens (tertiary/aromatic N) is 1. The molecule has 0 aliphatic heterocycles. The number of benzene rings is 1. The van der Waals surface area contributed by atoms with Crippen molar-refractivity contribution in [3.8, 4) is 0 Å². The molecule has 2 aliphatic carbocycles. The summed E-state index contributed by atoms with van der Waals surface area (Å²) in [5.74, 6) is -1.98. The van der Waals surface area contributed by atoms with Gasteiger partial charge in [-0.05, 0) is 38.2 Å². The van der Waals surface area contributed by atoms with E-state index in [9.17, 15) is 19.1 Å². The highest BCUT2D eigenvalue weighted by molar-refractivity contribution is 6.38. The van der Waals surface area contributed by atoms with E-state index >= 15 is 0 Å². The van der Waals surface area contributed by atoms with Gasteiger partial charge in [-0.3, -0.25) is 4.79 Å². The predicted octanol–water partition coefficient (Wildman–Crippen LogP) is 3.90. The highest BCUT2D eigenvalue weighted by atomic mass is 35.5. The molecule has 2 fully saturated rings. The van der Waals surface area contributed by atoms with Crippen LogP contribution in [0.25, 0.3) is 10.9 Å². The number of nitrogens with one attached hydrogen (secondary N) is 1. The molecule has 1 unspecified atom stereocenters. The Bertz CT molecular complexity index is 1000. The number of nitrogens with two attached hydrogens (primary N) is 1. The van der Waals surface area contributed by atoms with E-state index in [0.29, 0.717) is 5.52 Å². The highest BCUT2D eigenvalue weighted by Gasteiger charge is 2.30. The molecule has 0 amide bonds. The van der Waals surface area contributed by atoms with Crippen LogP contribution in [0.1, 0.15) is 61.3 Å². The van der Waals surface area contributed by atoms with E-state index in [2.05, 4.69) is 5.32 Å². The molecule has 1 heterocycles. The molecule has 6 nitrogen and oxygen atoms in total. The van der Waals surface area contributed by atoms with Crippen LogP contribution in [0.3, 0.4) is 0 Å². The number of carboxylic acids is 1. The minimum Gasteiger partial charge on any atom is -0.477 e. The monoisotopic (exact) mass is 407 g/mol. The summed E-state index contributed by atoms with van der Waals surface area (Å²) in [6.07, 6.45) is 7.66. The Hall–Kier alpha value is -2.12. The minimum absolute atomic E-state index is 0.00124. The normalized spacial score (nSPS) is 22.8. The molecule has 2 aromatic rings. The van der Waals surface area contributed by atoms with Crippen LogP contribution in [0.5, 0.6) is 0 Å². The number of aromatic nitrogens is 1. The fourth-order valence-corrected chi connectivity index (χ4v) is 4.44. The van der Waals surface area contributed by atoms with E-state index in [1.54, 1.807) is 4.57 Å². The van der Waals surface area contributed by atoms with Gasteiger partial charge in [0, 0.05) is 24.3 Å². The van der Waals surface area contributed by atoms with Gasteiger partial charge in [0.15, 0.2) is 0 Å². The summed E-state index contributed by atoms with van der Waals surface area (Å²) < 4.78 is 16.6. The molecular weight excluding hydrogens is 385 g/mol. The van der Waals surface area contributed by atoms with Crippen molar-refractivity contribution in [2.45, 2.75) is 63.1 Å². The number of rotatable bonds is 4. The lowest BCUT2D eigenvalue weighted by atomic mass is 10.0. The number of carboxylic acid groups (broad SMARTS) is 1. The average Bonchev–Trinajstić information content (AvgIpc) is 3.47. The largest absolute Gasteiger partial charge is 0.477 e. The molecule has 4 rings (SSSR count). The third-order valence-electron chi connectivity index (χ3n) is 5.69. The van der Waals surface area contributed by atoms with E-state index in [4.69, 9.17) is 17.3 Å². The fraction of sp³-hybridized carbons (Fsp3) is 0.500. The zero-order valence-corrected chi connectivity index (χ0v) is 16.1. The molecule has 1 aromatic carbocycles. The Morgan fingerprint density at radius 3 is 2.68 bits per heavy atom. The molecule has 0 radical (unpaired) electrons. The molecule has 8 heteroatoms. The molecule has 0 bridgehead atoms. The lowest BCUT2D eigenvalue weighted by molar-refractivity contribution is 0.0695. The van der Waals surface area contributed by atoms with Crippen molar-refractivity contribution in [1.29, 1.82) is 0 Å². The van der Waals surface area contributed by atoms with Gasteiger partial charge in [-0.1, -0.05) is 24.4 Å². The third-order valence-corrected chi connectivity index (χ3v) is 6.06. The van der Waals surface area contributed by atoms with E-state index < -0.39 is 17.2 Å². The third kappa shape index (κ3) is 3.49. The van der Waals surface area contributed by atoms with Crippen LogP contribution in [-0.2, 0) is 0 Å². The summed E-state index contributed by atoms with van der Waals surface area (Å²) in [6.45, 7) is 0. The number of aromatic carboxylic acids is 1. The van der Waals surface area contributed by atoms with Crippen molar-refractivity contribution >= 4 is 34.2 Å². The first kappa shape index (κ1) is 19.2. The van der Waals surface area contributed by atoms with Crippen LogP contribution in [0.4, 0.5) is 10.1 Å². The lowest BCUT2D eigenvalue weighted by Gasteiger charge is -2.23. The van der Waals surface area contributed by atoms with E-state index in [-0.39, 0.29) is 39.8 Å². The lowest BCUT2D eigenvalue weighted by Crippen LogP contribution is -2.29. The van der Waals surface area contributed by atoms with Gasteiger partial charge in [-0.2, -0.15) is 0 Å². The first-order chi connectivity index (χ1) is 13.4. The van der Waals surface area contributed by atoms with Gasteiger partial charge in [-0.15, -0.1) is 0 Å². The van der Waals surface area contributed by atoms with Crippen LogP contribution in [0.15, 0.2) is 17.1 Å². The summed E-state index contributed by atoms with van der Waals surface area (Å²) in [5.41, 5.74) is 5.57. The minimum atomic E-state index is -1.33. The molecule has 2 saturated carbocycles. The number of hydrogen-bond donors (Lipinski definition) is 3. The zero-order valence-electron chi connectivity index (χ0n) is 15.4. The molecule has 0 saturated heterocycles. The van der Waals surface area contributed by atoms with Crippen molar-refractivity contribution < 1.29 is 14.3 Å². The van der Waals surface area contributed by atoms with Crippen LogP contribution >= 0.6 is 11.6 Å². The quantitative estimate of drug-likeness (QED) is 0.668. The van der Waals surface area contributed by atoms with Crippen molar-refractivity contribution in [3.05, 3.63) is 38.9 Å². The smallest absolute Gasteiger partial charge is 0.341 e. The van der Waals surface area contributed by atoms with Gasteiger partial charge in [0.1, 0.15) is 11.4 Å². The maximum Gasteiger partial charge on any atom is 0.341 e. The van der Waals surface area contributed by atoms with Gasteiger partial charge in [0.25, 0.3) is 0 Å². The Morgan fingerprint density at radius 2 is 2.00 bits per heavy atom. The summed E-state index contributed by atoms with van der Waals surface area (Å²) in [5, 5.41) is 12.7. The Kier molecular flexibility index (Phi) is 5.05. The van der Waals surface area contributed by atoms with Crippen LogP contribution in [0.2, 0.25) is 5.02 Å². The molecule has 0 spiro atoms. The Balaban J connectivity index is 1.85. The number of anilines is 1. The van der Waals surface area contributed by atoms with Crippen molar-refractivity contribution in [2.75, 3.05) is 5.32 Å². The number of fused-ring (bicyclic) bond motifs is 1. The fourth-order valence-electron chi connectivity index (χ4n) is 4.10. The highest BCUT2D eigenvalue weighted by Crippen LogP contribution is 2.41. The first-order valence-electron chi connectivity index (χ1n) is 9.69. The molecule has 1 aromatic heterocycles. The first-order valence-corrected chi connectivity index (χ1v) is 10.1. The second kappa shape index (κ2) is 7.37. The number of carbonyl (C=O) groups is 1. The molecule has 28 heavy (non-hydrogen) atoms. The van der Waals surface area contributed by atoms with E-state index in [0.717, 1.165) is 51.0 Å². The van der Waals surface area contributed by atoms with Gasteiger partial charge in [0.2, 0.25) is 5.43 Å². The molecule has 2 atom stereocenters. The SMILES string of the molecule is N[C@@H]1CCCCC(Nc2c(F)cc3c(=O)c(C(=O)O)cn(C4CC4)c3c2Cl)C1. The summed E-state index contributed by atoms with van der Waals surface area (Å²) in [4.78, 5) is 24.1. The molecule has 2 aliphatic rings. The van der Waals surface area contributed by atoms with Crippen molar-refractivity contribution in [3.63, 3.8) is 0 Å². The topological polar surface area (TPSA) is 97.3 Å². The van der Waals surface area contributed by atoms with Crippen molar-refractivity contribution in [2.24, 2.45) is 5.73 Å².